The van der Waals surface area contributed by atoms with Crippen molar-refractivity contribution in [2.45, 2.75) is 44.0 Å². The number of likely N-dealkylation sites (tertiary alicyclic amines) is 1. The molecule has 3 atom stereocenters. The number of nitrogens with one attached hydrogen (secondary N) is 2. The number of amides is 1. The van der Waals surface area contributed by atoms with E-state index < -0.39 is 10.0 Å². The first kappa shape index (κ1) is 19.3. The Hall–Kier alpha value is -1.44. The first-order valence-corrected chi connectivity index (χ1v) is 11.0. The van der Waals surface area contributed by atoms with Crippen LogP contribution in [0.1, 0.15) is 43.5 Å². The van der Waals surface area contributed by atoms with Crippen molar-refractivity contribution in [3.05, 3.63) is 29.8 Å². The van der Waals surface area contributed by atoms with E-state index in [2.05, 4.69) is 10.0 Å². The van der Waals surface area contributed by atoms with Gasteiger partial charge in [-0.25, -0.2) is 13.1 Å². The predicted octanol–water partition coefficient (Wildman–Crippen LogP) is 1.83. The third-order valence-electron chi connectivity index (χ3n) is 5.69. The summed E-state index contributed by atoms with van der Waals surface area (Å²) in [4.78, 5) is 14.9. The van der Waals surface area contributed by atoms with E-state index in [-0.39, 0.29) is 16.8 Å². The van der Waals surface area contributed by atoms with Gasteiger partial charge in [0.1, 0.15) is 0 Å². The number of rotatable bonds is 5. The molecular weight excluding hydrogens is 350 g/mol. The molecule has 1 aromatic rings. The summed E-state index contributed by atoms with van der Waals surface area (Å²) in [6.45, 7) is 7.43. The van der Waals surface area contributed by atoms with E-state index in [1.54, 1.807) is 12.1 Å². The van der Waals surface area contributed by atoms with Gasteiger partial charge in [0.05, 0.1) is 4.90 Å². The van der Waals surface area contributed by atoms with E-state index in [0.29, 0.717) is 17.4 Å². The maximum Gasteiger partial charge on any atom is 0.253 e. The normalized spacial score (nSPS) is 24.8. The number of carbonyl (C=O) groups is 1. The third kappa shape index (κ3) is 4.27. The highest BCUT2D eigenvalue weighted by atomic mass is 32.2. The molecule has 2 aliphatic rings. The van der Waals surface area contributed by atoms with Gasteiger partial charge in [0.15, 0.2) is 0 Å². The molecule has 6 nitrogen and oxygen atoms in total. The van der Waals surface area contributed by atoms with Gasteiger partial charge in [0.25, 0.3) is 5.91 Å². The number of hydrogen-bond donors (Lipinski definition) is 2. The van der Waals surface area contributed by atoms with Crippen LogP contribution in [0, 0.1) is 11.8 Å². The van der Waals surface area contributed by atoms with Crippen molar-refractivity contribution in [3.8, 4) is 0 Å². The molecule has 0 radical (unpaired) electrons. The smallest absolute Gasteiger partial charge is 0.253 e. The first-order chi connectivity index (χ1) is 12.4. The largest absolute Gasteiger partial charge is 0.339 e. The minimum absolute atomic E-state index is 0.00299. The molecule has 7 heteroatoms. The lowest BCUT2D eigenvalue weighted by atomic mass is 9.92. The summed E-state index contributed by atoms with van der Waals surface area (Å²) < 4.78 is 27.3. The van der Waals surface area contributed by atoms with Crippen molar-refractivity contribution in [1.29, 1.82) is 0 Å². The minimum atomic E-state index is -3.54. The van der Waals surface area contributed by atoms with Gasteiger partial charge < -0.3 is 10.2 Å². The number of benzene rings is 1. The molecule has 1 amide bonds. The zero-order valence-electron chi connectivity index (χ0n) is 15.6. The van der Waals surface area contributed by atoms with Gasteiger partial charge in [-0.05, 0) is 75.4 Å². The molecule has 0 bridgehead atoms. The lowest BCUT2D eigenvalue weighted by molar-refractivity contribution is 0.0758. The van der Waals surface area contributed by atoms with Gasteiger partial charge in [-0.15, -0.1) is 0 Å². The molecule has 1 unspecified atom stereocenters. The summed E-state index contributed by atoms with van der Waals surface area (Å²) in [6.07, 6.45) is 2.80. The van der Waals surface area contributed by atoms with Crippen molar-refractivity contribution in [3.63, 3.8) is 0 Å². The molecule has 0 saturated carbocycles. The summed E-state index contributed by atoms with van der Waals surface area (Å²) in [5, 5.41) is 3.44. The van der Waals surface area contributed by atoms with Crippen LogP contribution >= 0.6 is 0 Å². The first-order valence-electron chi connectivity index (χ1n) is 9.53. The fourth-order valence-electron chi connectivity index (χ4n) is 3.80. The summed E-state index contributed by atoms with van der Waals surface area (Å²) in [7, 11) is -3.54. The Kier molecular flexibility index (Phi) is 5.99. The predicted molar refractivity (Wildman–Crippen MR) is 102 cm³/mol. The van der Waals surface area contributed by atoms with Crippen molar-refractivity contribution >= 4 is 15.9 Å². The molecule has 0 aliphatic carbocycles. The molecule has 3 rings (SSSR count). The van der Waals surface area contributed by atoms with Crippen LogP contribution in [0.3, 0.4) is 0 Å². The maximum absolute atomic E-state index is 12.8. The Bertz CT molecular complexity index is 719. The molecule has 26 heavy (non-hydrogen) atoms. The monoisotopic (exact) mass is 379 g/mol. The fourth-order valence-corrected chi connectivity index (χ4v) is 5.12. The van der Waals surface area contributed by atoms with Gasteiger partial charge in [-0.1, -0.05) is 6.92 Å². The topological polar surface area (TPSA) is 78.5 Å². The van der Waals surface area contributed by atoms with E-state index in [9.17, 15) is 13.2 Å². The van der Waals surface area contributed by atoms with Crippen LogP contribution in [0.5, 0.6) is 0 Å². The lowest BCUT2D eigenvalue weighted by Crippen LogP contribution is -2.33. The minimum Gasteiger partial charge on any atom is -0.339 e. The van der Waals surface area contributed by atoms with Gasteiger partial charge in [-0.2, -0.15) is 0 Å². The molecule has 2 saturated heterocycles. The Morgan fingerprint density at radius 3 is 2.31 bits per heavy atom. The van der Waals surface area contributed by atoms with Crippen LogP contribution in [0.2, 0.25) is 0 Å². The molecule has 2 heterocycles. The second-order valence-electron chi connectivity index (χ2n) is 7.50. The second kappa shape index (κ2) is 8.06. The molecule has 144 valence electrons. The molecule has 0 spiro atoms. The summed E-state index contributed by atoms with van der Waals surface area (Å²) in [5.74, 6) is 1.34. The van der Waals surface area contributed by atoms with Crippen molar-refractivity contribution in [2.24, 2.45) is 11.8 Å². The fraction of sp³-hybridized carbons (Fsp3) is 0.632. The van der Waals surface area contributed by atoms with E-state index in [1.165, 1.54) is 12.1 Å². The summed E-state index contributed by atoms with van der Waals surface area (Å²) in [6, 6.07) is 6.18. The molecular formula is C19H29N3O3S. The highest BCUT2D eigenvalue weighted by molar-refractivity contribution is 7.89. The van der Waals surface area contributed by atoms with Crippen LogP contribution in [-0.2, 0) is 10.0 Å². The van der Waals surface area contributed by atoms with E-state index in [1.807, 2.05) is 18.7 Å². The number of hydrogen-bond acceptors (Lipinski definition) is 4. The van der Waals surface area contributed by atoms with E-state index in [4.69, 9.17) is 0 Å². The number of carbonyl (C=O) groups excluding carboxylic acids is 1. The van der Waals surface area contributed by atoms with Gasteiger partial charge in [0, 0.05) is 24.7 Å². The van der Waals surface area contributed by atoms with Crippen LogP contribution in [0.4, 0.5) is 0 Å². The van der Waals surface area contributed by atoms with Crippen molar-refractivity contribution < 1.29 is 13.2 Å². The van der Waals surface area contributed by atoms with Gasteiger partial charge in [-0.3, -0.25) is 4.79 Å². The summed E-state index contributed by atoms with van der Waals surface area (Å²) in [5.41, 5.74) is 0.553. The van der Waals surface area contributed by atoms with E-state index in [0.717, 1.165) is 45.4 Å². The summed E-state index contributed by atoms with van der Waals surface area (Å²) >= 11 is 0. The Morgan fingerprint density at radius 1 is 1.19 bits per heavy atom. The molecule has 2 N–H and O–H groups in total. The Balaban J connectivity index is 1.67. The quantitative estimate of drug-likeness (QED) is 0.818. The average Bonchev–Trinajstić information content (AvgIpc) is 2.99. The average molecular weight is 380 g/mol. The van der Waals surface area contributed by atoms with Crippen molar-refractivity contribution in [2.75, 3.05) is 26.2 Å². The van der Waals surface area contributed by atoms with Crippen LogP contribution in [-0.4, -0.2) is 51.4 Å². The number of nitrogens with zero attached hydrogens (tertiary/aromatic N) is 1. The van der Waals surface area contributed by atoms with Gasteiger partial charge >= 0.3 is 0 Å². The van der Waals surface area contributed by atoms with Crippen LogP contribution in [0.25, 0.3) is 0 Å². The van der Waals surface area contributed by atoms with Crippen molar-refractivity contribution in [1.82, 2.24) is 14.9 Å². The number of fused-ring (bicyclic) bond motifs is 1. The molecule has 2 fully saturated rings. The zero-order chi connectivity index (χ0) is 18.7. The molecule has 2 aliphatic heterocycles. The third-order valence-corrected chi connectivity index (χ3v) is 7.29. The van der Waals surface area contributed by atoms with Crippen LogP contribution in [0.15, 0.2) is 29.2 Å². The Morgan fingerprint density at radius 2 is 1.77 bits per heavy atom. The maximum atomic E-state index is 12.8. The molecule has 1 aromatic carbocycles. The standard InChI is InChI=1S/C19H29N3O3S/c1-3-14(2)21-26(24,25)18-6-4-15(5-7-18)19(23)22-10-8-16-12-20-13-17(16)9-11-22/h4-7,14,16-17,20-21H,3,8-13H2,1-2H3/t14?,16-,17+. The number of sulfonamides is 1. The van der Waals surface area contributed by atoms with E-state index >= 15 is 0 Å². The highest BCUT2D eigenvalue weighted by Crippen LogP contribution is 2.27. The SMILES string of the molecule is CCC(C)NS(=O)(=O)c1ccc(C(=O)N2CC[C@@H]3CNC[C@@H]3CC2)cc1. The zero-order valence-corrected chi connectivity index (χ0v) is 16.4. The second-order valence-corrected chi connectivity index (χ2v) is 9.22. The highest BCUT2D eigenvalue weighted by Gasteiger charge is 2.31. The lowest BCUT2D eigenvalue weighted by Gasteiger charge is -2.21. The van der Waals surface area contributed by atoms with Gasteiger partial charge in [0.2, 0.25) is 10.0 Å². The Labute approximate surface area is 156 Å². The van der Waals surface area contributed by atoms with Crippen LogP contribution < -0.4 is 10.0 Å². The molecule has 0 aromatic heterocycles.